The Kier molecular flexibility index (Phi) is 6.02. The van der Waals surface area contributed by atoms with Crippen LogP contribution in [-0.4, -0.2) is 30.5 Å². The number of nitrogens with one attached hydrogen (secondary N) is 1. The molecule has 2 rings (SSSR count). The Bertz CT molecular complexity index is 715. The van der Waals surface area contributed by atoms with Crippen LogP contribution in [0.3, 0.4) is 0 Å². The van der Waals surface area contributed by atoms with Gasteiger partial charge in [0.1, 0.15) is 11.6 Å². The fraction of sp³-hybridized carbons (Fsp3) is 0.188. The summed E-state index contributed by atoms with van der Waals surface area (Å²) < 4.78 is 22.8. The van der Waals surface area contributed by atoms with Gasteiger partial charge < -0.3 is 9.47 Å². The summed E-state index contributed by atoms with van der Waals surface area (Å²) in [6.45, 7) is 0.827. The van der Waals surface area contributed by atoms with Crippen LogP contribution in [0.1, 0.15) is 16.6 Å². The standard InChI is InChI=1S/C16H14FNO5S/c1-10(23-12-6-4-11(17)5-7-12)16(21)22-9-14(19)18-15(20)13-3-2-8-24-13/h2-8,10H,9H2,1H3,(H,18,19,20)/t10-/m1/s1. The van der Waals surface area contributed by atoms with E-state index in [-0.39, 0.29) is 5.75 Å². The van der Waals surface area contributed by atoms with E-state index in [1.54, 1.807) is 17.5 Å². The van der Waals surface area contributed by atoms with Crippen molar-refractivity contribution in [3.8, 4) is 5.75 Å². The maximum atomic E-state index is 12.8. The molecular formula is C16H14FNO5S. The maximum Gasteiger partial charge on any atom is 0.347 e. The smallest absolute Gasteiger partial charge is 0.347 e. The second-order valence-corrected chi connectivity index (χ2v) is 5.62. The first-order valence-electron chi connectivity index (χ1n) is 6.92. The van der Waals surface area contributed by atoms with Crippen molar-refractivity contribution in [1.82, 2.24) is 5.32 Å². The number of thiophene rings is 1. The van der Waals surface area contributed by atoms with Crippen LogP contribution >= 0.6 is 11.3 Å². The topological polar surface area (TPSA) is 81.7 Å². The van der Waals surface area contributed by atoms with Crippen molar-refractivity contribution >= 4 is 29.1 Å². The summed E-state index contributed by atoms with van der Waals surface area (Å²) in [7, 11) is 0. The quantitative estimate of drug-likeness (QED) is 0.807. The molecule has 8 heteroatoms. The average Bonchev–Trinajstić information content (AvgIpc) is 3.09. The molecule has 1 heterocycles. The van der Waals surface area contributed by atoms with E-state index in [9.17, 15) is 18.8 Å². The van der Waals surface area contributed by atoms with Crippen molar-refractivity contribution in [2.45, 2.75) is 13.0 Å². The lowest BCUT2D eigenvalue weighted by molar-refractivity contribution is -0.154. The van der Waals surface area contributed by atoms with Crippen molar-refractivity contribution in [3.05, 3.63) is 52.5 Å². The zero-order chi connectivity index (χ0) is 17.5. The van der Waals surface area contributed by atoms with E-state index in [1.165, 1.54) is 42.5 Å². The van der Waals surface area contributed by atoms with Gasteiger partial charge >= 0.3 is 5.97 Å². The zero-order valence-electron chi connectivity index (χ0n) is 12.7. The van der Waals surface area contributed by atoms with Gasteiger partial charge in [-0.05, 0) is 42.6 Å². The van der Waals surface area contributed by atoms with Crippen LogP contribution in [0.25, 0.3) is 0 Å². The van der Waals surface area contributed by atoms with Crippen LogP contribution in [0.15, 0.2) is 41.8 Å². The van der Waals surface area contributed by atoms with Crippen LogP contribution in [-0.2, 0) is 14.3 Å². The van der Waals surface area contributed by atoms with E-state index in [4.69, 9.17) is 9.47 Å². The molecule has 0 aliphatic rings. The number of hydrogen-bond acceptors (Lipinski definition) is 6. The molecule has 2 amide bonds. The number of halogens is 1. The summed E-state index contributed by atoms with van der Waals surface area (Å²) in [6, 6.07) is 8.36. The SMILES string of the molecule is C[C@@H](Oc1ccc(F)cc1)C(=O)OCC(=O)NC(=O)c1cccs1. The molecule has 0 fully saturated rings. The first kappa shape index (κ1) is 17.6. The normalized spacial score (nSPS) is 11.4. The van der Waals surface area contributed by atoms with Gasteiger partial charge in [0.05, 0.1) is 4.88 Å². The third kappa shape index (κ3) is 5.17. The van der Waals surface area contributed by atoms with Gasteiger partial charge in [-0.3, -0.25) is 14.9 Å². The van der Waals surface area contributed by atoms with Gasteiger partial charge in [0.25, 0.3) is 11.8 Å². The number of imide groups is 1. The molecule has 1 atom stereocenters. The maximum absolute atomic E-state index is 12.8. The summed E-state index contributed by atoms with van der Waals surface area (Å²) >= 11 is 1.19. The van der Waals surface area contributed by atoms with Crippen molar-refractivity contribution in [1.29, 1.82) is 0 Å². The van der Waals surface area contributed by atoms with Gasteiger partial charge in [-0.2, -0.15) is 0 Å². The highest BCUT2D eigenvalue weighted by Gasteiger charge is 2.19. The molecule has 1 aromatic carbocycles. The van der Waals surface area contributed by atoms with Crippen LogP contribution in [0.5, 0.6) is 5.75 Å². The van der Waals surface area contributed by atoms with Crippen molar-refractivity contribution in [2.75, 3.05) is 6.61 Å². The second kappa shape index (κ2) is 8.21. The summed E-state index contributed by atoms with van der Waals surface area (Å²) in [5.41, 5.74) is 0. The fourth-order valence-corrected chi connectivity index (χ4v) is 2.27. The Labute approximate surface area is 141 Å². The monoisotopic (exact) mass is 351 g/mol. The first-order valence-corrected chi connectivity index (χ1v) is 7.80. The Hall–Kier alpha value is -2.74. The van der Waals surface area contributed by atoms with Gasteiger partial charge in [-0.25, -0.2) is 9.18 Å². The van der Waals surface area contributed by atoms with E-state index in [0.717, 1.165) is 0 Å². The lowest BCUT2D eigenvalue weighted by Gasteiger charge is -2.13. The minimum atomic E-state index is -0.990. The molecule has 0 aliphatic carbocycles. The third-order valence-electron chi connectivity index (χ3n) is 2.80. The Morgan fingerprint density at radius 3 is 2.54 bits per heavy atom. The molecule has 0 unspecified atom stereocenters. The highest BCUT2D eigenvalue weighted by molar-refractivity contribution is 7.12. The number of rotatable bonds is 6. The molecule has 6 nitrogen and oxygen atoms in total. The van der Waals surface area contributed by atoms with Crippen LogP contribution < -0.4 is 10.1 Å². The second-order valence-electron chi connectivity index (χ2n) is 4.68. The van der Waals surface area contributed by atoms with Gasteiger partial charge in [0, 0.05) is 0 Å². The van der Waals surface area contributed by atoms with Crippen molar-refractivity contribution in [3.63, 3.8) is 0 Å². The van der Waals surface area contributed by atoms with Crippen molar-refractivity contribution < 1.29 is 28.2 Å². The van der Waals surface area contributed by atoms with Gasteiger partial charge in [-0.1, -0.05) is 6.07 Å². The molecule has 0 saturated heterocycles. The van der Waals surface area contributed by atoms with E-state index < -0.39 is 36.3 Å². The lowest BCUT2D eigenvalue weighted by atomic mass is 10.3. The first-order chi connectivity index (χ1) is 11.5. The molecule has 0 radical (unpaired) electrons. The van der Waals surface area contributed by atoms with Crippen molar-refractivity contribution in [2.24, 2.45) is 0 Å². The number of benzene rings is 1. The number of hydrogen-bond donors (Lipinski definition) is 1. The lowest BCUT2D eigenvalue weighted by Crippen LogP contribution is -2.35. The van der Waals surface area contributed by atoms with E-state index in [1.807, 2.05) is 0 Å². The summed E-state index contributed by atoms with van der Waals surface area (Å²) in [5.74, 6) is -2.21. The molecule has 1 aromatic heterocycles. The number of carbonyl (C=O) groups excluding carboxylic acids is 3. The highest BCUT2D eigenvalue weighted by Crippen LogP contribution is 2.13. The number of ether oxygens (including phenoxy) is 2. The molecule has 2 aromatic rings. The van der Waals surface area contributed by atoms with Gasteiger partial charge in [0.15, 0.2) is 12.7 Å². The Balaban J connectivity index is 1.76. The number of amides is 2. The summed E-state index contributed by atoms with van der Waals surface area (Å²) in [5, 5.41) is 3.81. The highest BCUT2D eigenvalue weighted by atomic mass is 32.1. The predicted octanol–water partition coefficient (Wildman–Crippen LogP) is 2.15. The van der Waals surface area contributed by atoms with Gasteiger partial charge in [-0.15, -0.1) is 11.3 Å². The molecule has 24 heavy (non-hydrogen) atoms. The third-order valence-corrected chi connectivity index (χ3v) is 3.67. The molecular weight excluding hydrogens is 337 g/mol. The summed E-state index contributed by atoms with van der Waals surface area (Å²) in [6.07, 6.45) is -0.990. The molecule has 0 bridgehead atoms. The molecule has 0 saturated carbocycles. The largest absolute Gasteiger partial charge is 0.479 e. The molecule has 126 valence electrons. The molecule has 1 N–H and O–H groups in total. The van der Waals surface area contributed by atoms with E-state index >= 15 is 0 Å². The molecule has 0 aliphatic heterocycles. The minimum Gasteiger partial charge on any atom is -0.479 e. The van der Waals surface area contributed by atoms with E-state index in [2.05, 4.69) is 5.32 Å². The number of esters is 1. The van der Waals surface area contributed by atoms with Crippen LogP contribution in [0, 0.1) is 5.82 Å². The van der Waals surface area contributed by atoms with Gasteiger partial charge in [0.2, 0.25) is 0 Å². The van der Waals surface area contributed by atoms with Crippen LogP contribution in [0.2, 0.25) is 0 Å². The van der Waals surface area contributed by atoms with Crippen LogP contribution in [0.4, 0.5) is 4.39 Å². The minimum absolute atomic E-state index is 0.290. The Morgan fingerprint density at radius 2 is 1.92 bits per heavy atom. The Morgan fingerprint density at radius 1 is 1.21 bits per heavy atom. The average molecular weight is 351 g/mol. The predicted molar refractivity (Wildman–Crippen MR) is 84.2 cm³/mol. The fourth-order valence-electron chi connectivity index (χ4n) is 1.65. The van der Waals surface area contributed by atoms with E-state index in [0.29, 0.717) is 4.88 Å². The number of carbonyl (C=O) groups is 3. The summed E-state index contributed by atoms with van der Waals surface area (Å²) in [4.78, 5) is 35.4. The zero-order valence-corrected chi connectivity index (χ0v) is 13.5. The molecule has 0 spiro atoms.